The first-order valence-electron chi connectivity index (χ1n) is 5.86. The summed E-state index contributed by atoms with van der Waals surface area (Å²) < 4.78 is 0. The number of hydrogen-bond donors (Lipinski definition) is 2. The van der Waals surface area contributed by atoms with Crippen molar-refractivity contribution < 1.29 is 0 Å². The monoisotopic (exact) mass is 182 g/mol. The van der Waals surface area contributed by atoms with Crippen LogP contribution in [-0.4, -0.2) is 24.7 Å². The lowest BCUT2D eigenvalue weighted by atomic mass is 9.78. The summed E-state index contributed by atoms with van der Waals surface area (Å²) in [5, 5.41) is 7.43. The molecule has 0 amide bonds. The lowest BCUT2D eigenvalue weighted by Crippen LogP contribution is -2.55. The lowest BCUT2D eigenvalue weighted by Gasteiger charge is -2.40. The molecule has 1 saturated heterocycles. The molecule has 76 valence electrons. The predicted octanol–water partition coefficient (Wildman–Crippen LogP) is 1.66. The molecule has 2 unspecified atom stereocenters. The molecule has 2 rings (SSSR count). The summed E-state index contributed by atoms with van der Waals surface area (Å²) in [5.41, 5.74) is 0.480. The third kappa shape index (κ3) is 1.75. The van der Waals surface area contributed by atoms with E-state index in [0.29, 0.717) is 5.54 Å². The van der Waals surface area contributed by atoms with Gasteiger partial charge in [0.1, 0.15) is 0 Å². The van der Waals surface area contributed by atoms with Crippen molar-refractivity contribution in [3.8, 4) is 0 Å². The number of rotatable bonds is 3. The molecule has 0 aromatic rings. The van der Waals surface area contributed by atoms with E-state index < -0.39 is 0 Å². The van der Waals surface area contributed by atoms with E-state index in [1.807, 2.05) is 0 Å². The molecule has 0 radical (unpaired) electrons. The van der Waals surface area contributed by atoms with Gasteiger partial charge in [-0.1, -0.05) is 19.8 Å². The van der Waals surface area contributed by atoms with Crippen LogP contribution in [0.2, 0.25) is 0 Å². The van der Waals surface area contributed by atoms with Crippen molar-refractivity contribution in [2.45, 2.75) is 57.0 Å². The zero-order valence-electron chi connectivity index (χ0n) is 8.73. The summed E-state index contributed by atoms with van der Waals surface area (Å²) in [6.07, 6.45) is 8.23. The second kappa shape index (κ2) is 3.97. The maximum Gasteiger partial charge on any atom is 0.0347 e. The van der Waals surface area contributed by atoms with Gasteiger partial charge in [-0.15, -0.1) is 0 Å². The smallest absolute Gasteiger partial charge is 0.0347 e. The Kier molecular flexibility index (Phi) is 2.89. The first kappa shape index (κ1) is 9.47. The number of nitrogens with one attached hydrogen (secondary N) is 2. The van der Waals surface area contributed by atoms with Crippen LogP contribution in [0.25, 0.3) is 0 Å². The molecular weight excluding hydrogens is 160 g/mol. The van der Waals surface area contributed by atoms with Crippen LogP contribution in [-0.2, 0) is 0 Å². The highest BCUT2D eigenvalue weighted by Gasteiger charge is 2.43. The summed E-state index contributed by atoms with van der Waals surface area (Å²) in [7, 11) is 0. The van der Waals surface area contributed by atoms with Crippen LogP contribution in [0.5, 0.6) is 0 Å². The highest BCUT2D eigenvalue weighted by atomic mass is 15.1. The molecule has 0 spiro atoms. The highest BCUT2D eigenvalue weighted by Crippen LogP contribution is 2.34. The van der Waals surface area contributed by atoms with Gasteiger partial charge in [0, 0.05) is 11.6 Å². The Balaban J connectivity index is 1.98. The number of fused-ring (bicyclic) bond motifs is 1. The van der Waals surface area contributed by atoms with E-state index in [-0.39, 0.29) is 0 Å². The van der Waals surface area contributed by atoms with Gasteiger partial charge in [0.05, 0.1) is 0 Å². The van der Waals surface area contributed by atoms with Crippen molar-refractivity contribution in [3.05, 3.63) is 0 Å². The van der Waals surface area contributed by atoms with E-state index in [1.165, 1.54) is 51.6 Å². The van der Waals surface area contributed by atoms with E-state index in [1.54, 1.807) is 0 Å². The minimum atomic E-state index is 0.480. The minimum Gasteiger partial charge on any atom is -0.312 e. The van der Waals surface area contributed by atoms with Gasteiger partial charge in [-0.2, -0.15) is 0 Å². The van der Waals surface area contributed by atoms with Crippen LogP contribution in [0.1, 0.15) is 45.4 Å². The van der Waals surface area contributed by atoms with Crippen LogP contribution in [0.4, 0.5) is 0 Å². The maximum absolute atomic E-state index is 3.78. The van der Waals surface area contributed by atoms with E-state index in [0.717, 1.165) is 6.04 Å². The fourth-order valence-electron chi connectivity index (χ4n) is 2.98. The summed E-state index contributed by atoms with van der Waals surface area (Å²) in [4.78, 5) is 0. The minimum absolute atomic E-state index is 0.480. The summed E-state index contributed by atoms with van der Waals surface area (Å²) in [6, 6.07) is 0.771. The van der Waals surface area contributed by atoms with Gasteiger partial charge in [0.25, 0.3) is 0 Å². The van der Waals surface area contributed by atoms with E-state index in [4.69, 9.17) is 0 Å². The van der Waals surface area contributed by atoms with Gasteiger partial charge < -0.3 is 10.6 Å². The fraction of sp³-hybridized carbons (Fsp3) is 1.00. The average molecular weight is 182 g/mol. The SMILES string of the molecule is CCCNC12CCCCC1NCC2. The summed E-state index contributed by atoms with van der Waals surface area (Å²) in [5.74, 6) is 0. The molecule has 1 saturated carbocycles. The van der Waals surface area contributed by atoms with Crippen LogP contribution in [0.3, 0.4) is 0 Å². The summed E-state index contributed by atoms with van der Waals surface area (Å²) >= 11 is 0. The standard InChI is InChI=1S/C11H22N2/c1-2-8-13-11-6-4-3-5-10(11)12-9-7-11/h10,12-13H,2-9H2,1H3. The van der Waals surface area contributed by atoms with Gasteiger partial charge in [-0.3, -0.25) is 0 Å². The molecule has 13 heavy (non-hydrogen) atoms. The molecule has 1 heterocycles. The van der Waals surface area contributed by atoms with Gasteiger partial charge in [0.2, 0.25) is 0 Å². The molecule has 2 N–H and O–H groups in total. The van der Waals surface area contributed by atoms with Crippen LogP contribution in [0.15, 0.2) is 0 Å². The number of hydrogen-bond acceptors (Lipinski definition) is 2. The first-order valence-corrected chi connectivity index (χ1v) is 5.86. The molecule has 2 nitrogen and oxygen atoms in total. The molecule has 2 fully saturated rings. The Labute approximate surface area is 81.5 Å². The molecule has 0 aromatic carbocycles. The molecule has 2 atom stereocenters. The highest BCUT2D eigenvalue weighted by molar-refractivity contribution is 5.05. The van der Waals surface area contributed by atoms with Gasteiger partial charge >= 0.3 is 0 Å². The van der Waals surface area contributed by atoms with Gasteiger partial charge in [-0.05, 0) is 38.8 Å². The predicted molar refractivity (Wildman–Crippen MR) is 55.9 cm³/mol. The van der Waals surface area contributed by atoms with Gasteiger partial charge in [0.15, 0.2) is 0 Å². The van der Waals surface area contributed by atoms with Crippen molar-refractivity contribution in [3.63, 3.8) is 0 Å². The maximum atomic E-state index is 3.78. The Morgan fingerprint density at radius 3 is 3.15 bits per heavy atom. The average Bonchev–Trinajstić information content (AvgIpc) is 2.58. The van der Waals surface area contributed by atoms with Gasteiger partial charge in [-0.25, -0.2) is 0 Å². The lowest BCUT2D eigenvalue weighted by molar-refractivity contribution is 0.214. The molecule has 2 aliphatic rings. The Morgan fingerprint density at radius 1 is 1.38 bits per heavy atom. The van der Waals surface area contributed by atoms with Crippen LogP contribution >= 0.6 is 0 Å². The zero-order valence-corrected chi connectivity index (χ0v) is 8.73. The molecule has 1 aliphatic carbocycles. The normalized spacial score (nSPS) is 39.0. The Hall–Kier alpha value is -0.0800. The summed E-state index contributed by atoms with van der Waals surface area (Å²) in [6.45, 7) is 4.67. The molecule has 0 aromatic heterocycles. The zero-order chi connectivity index (χ0) is 9.15. The molecule has 0 bridgehead atoms. The van der Waals surface area contributed by atoms with Crippen molar-refractivity contribution in [1.29, 1.82) is 0 Å². The first-order chi connectivity index (χ1) is 6.37. The Bertz CT molecular complexity index is 169. The quantitative estimate of drug-likeness (QED) is 0.693. The Morgan fingerprint density at radius 2 is 2.31 bits per heavy atom. The van der Waals surface area contributed by atoms with E-state index in [9.17, 15) is 0 Å². The molecule has 2 heteroatoms. The third-order valence-corrected chi connectivity index (χ3v) is 3.72. The largest absolute Gasteiger partial charge is 0.312 e. The topological polar surface area (TPSA) is 24.1 Å². The van der Waals surface area contributed by atoms with Crippen LogP contribution < -0.4 is 10.6 Å². The third-order valence-electron chi connectivity index (χ3n) is 3.72. The second-order valence-electron chi connectivity index (χ2n) is 4.59. The molecule has 1 aliphatic heterocycles. The van der Waals surface area contributed by atoms with Crippen molar-refractivity contribution in [2.24, 2.45) is 0 Å². The van der Waals surface area contributed by atoms with Crippen molar-refractivity contribution in [2.75, 3.05) is 13.1 Å². The fourth-order valence-corrected chi connectivity index (χ4v) is 2.98. The van der Waals surface area contributed by atoms with Crippen molar-refractivity contribution in [1.82, 2.24) is 10.6 Å². The molecular formula is C11H22N2. The second-order valence-corrected chi connectivity index (χ2v) is 4.59. The van der Waals surface area contributed by atoms with E-state index >= 15 is 0 Å². The van der Waals surface area contributed by atoms with E-state index in [2.05, 4.69) is 17.6 Å². The van der Waals surface area contributed by atoms with Crippen LogP contribution in [0, 0.1) is 0 Å². The van der Waals surface area contributed by atoms with Crippen molar-refractivity contribution >= 4 is 0 Å².